The van der Waals surface area contributed by atoms with Crippen LogP contribution in [0.15, 0.2) is 12.1 Å². The lowest BCUT2D eigenvalue weighted by molar-refractivity contribution is 0.0954. The van der Waals surface area contributed by atoms with Crippen molar-refractivity contribution in [3.63, 3.8) is 0 Å². The molecule has 0 unspecified atom stereocenters. The Bertz CT molecular complexity index is 590. The van der Waals surface area contributed by atoms with E-state index in [4.69, 9.17) is 28.9 Å². The molecule has 0 saturated heterocycles. The van der Waals surface area contributed by atoms with Crippen molar-refractivity contribution in [2.24, 2.45) is 0 Å². The normalized spacial score (nSPS) is 11.3. The predicted octanol–water partition coefficient (Wildman–Crippen LogP) is 0.855. The Labute approximate surface area is 121 Å². The fourth-order valence-corrected chi connectivity index (χ4v) is 2.18. The first-order valence-electron chi connectivity index (χ1n) is 5.18. The summed E-state index contributed by atoms with van der Waals surface area (Å²) in [6, 6.07) is 2.83. The van der Waals surface area contributed by atoms with Crippen molar-refractivity contribution in [3.8, 4) is 0 Å². The zero-order chi connectivity index (χ0) is 14.6. The van der Waals surface area contributed by atoms with Gasteiger partial charge in [-0.25, -0.2) is 13.1 Å². The number of benzene rings is 1. The molecule has 1 aromatic carbocycles. The van der Waals surface area contributed by atoms with Crippen molar-refractivity contribution in [1.82, 2.24) is 10.0 Å². The zero-order valence-corrected chi connectivity index (χ0v) is 12.4. The largest absolute Gasteiger partial charge is 0.399 e. The summed E-state index contributed by atoms with van der Waals surface area (Å²) in [7, 11) is -3.28. The van der Waals surface area contributed by atoms with Crippen LogP contribution < -0.4 is 15.8 Å². The molecule has 0 aliphatic rings. The number of carbonyl (C=O) groups is 1. The summed E-state index contributed by atoms with van der Waals surface area (Å²) >= 11 is 11.7. The molecule has 19 heavy (non-hydrogen) atoms. The van der Waals surface area contributed by atoms with Gasteiger partial charge < -0.3 is 11.1 Å². The number of anilines is 1. The SMILES string of the molecule is CS(=O)(=O)NCCNC(=O)c1cc(N)cc(Cl)c1Cl. The number of hydrogen-bond acceptors (Lipinski definition) is 4. The van der Waals surface area contributed by atoms with Gasteiger partial charge in [-0.3, -0.25) is 4.79 Å². The first-order valence-corrected chi connectivity index (χ1v) is 7.83. The van der Waals surface area contributed by atoms with E-state index in [1.807, 2.05) is 0 Å². The molecule has 0 spiro atoms. The first kappa shape index (κ1) is 16.0. The van der Waals surface area contributed by atoms with Crippen molar-refractivity contribution in [1.29, 1.82) is 0 Å². The number of hydrogen-bond donors (Lipinski definition) is 3. The van der Waals surface area contributed by atoms with Gasteiger partial charge in [0.15, 0.2) is 0 Å². The summed E-state index contributed by atoms with van der Waals surface area (Å²) in [6.07, 6.45) is 1.03. The molecule has 106 valence electrons. The number of carbonyl (C=O) groups excluding carboxylic acids is 1. The highest BCUT2D eigenvalue weighted by molar-refractivity contribution is 7.88. The predicted molar refractivity (Wildman–Crippen MR) is 76.1 cm³/mol. The molecule has 1 rings (SSSR count). The molecular formula is C10H13Cl2N3O3S. The molecule has 0 atom stereocenters. The van der Waals surface area contributed by atoms with E-state index in [1.54, 1.807) is 0 Å². The quantitative estimate of drug-likeness (QED) is 0.552. The molecule has 0 radical (unpaired) electrons. The number of nitrogen functional groups attached to an aromatic ring is 1. The van der Waals surface area contributed by atoms with Gasteiger partial charge in [0.05, 0.1) is 21.9 Å². The lowest BCUT2D eigenvalue weighted by Crippen LogP contribution is -2.34. The number of rotatable bonds is 5. The molecule has 0 bridgehead atoms. The highest BCUT2D eigenvalue weighted by Gasteiger charge is 2.13. The molecular weight excluding hydrogens is 313 g/mol. The van der Waals surface area contributed by atoms with Crippen LogP contribution in [0.1, 0.15) is 10.4 Å². The maximum atomic E-state index is 11.8. The smallest absolute Gasteiger partial charge is 0.252 e. The summed E-state index contributed by atoms with van der Waals surface area (Å²) in [5.41, 5.74) is 6.02. The van der Waals surface area contributed by atoms with E-state index in [0.717, 1.165) is 6.26 Å². The highest BCUT2D eigenvalue weighted by Crippen LogP contribution is 2.28. The Balaban J connectivity index is 2.64. The van der Waals surface area contributed by atoms with Crippen LogP contribution in [0, 0.1) is 0 Å². The van der Waals surface area contributed by atoms with Gasteiger partial charge in [0.1, 0.15) is 0 Å². The molecule has 0 heterocycles. The van der Waals surface area contributed by atoms with Gasteiger partial charge in [0.25, 0.3) is 5.91 Å². The summed E-state index contributed by atoms with van der Waals surface area (Å²) in [5, 5.41) is 2.79. The fraction of sp³-hybridized carbons (Fsp3) is 0.300. The van der Waals surface area contributed by atoms with Crippen molar-refractivity contribution < 1.29 is 13.2 Å². The van der Waals surface area contributed by atoms with Gasteiger partial charge in [-0.1, -0.05) is 23.2 Å². The zero-order valence-electron chi connectivity index (χ0n) is 10.0. The van der Waals surface area contributed by atoms with Crippen molar-refractivity contribution in [2.45, 2.75) is 0 Å². The number of sulfonamides is 1. The third-order valence-corrected chi connectivity index (χ3v) is 3.60. The molecule has 0 saturated carbocycles. The first-order chi connectivity index (χ1) is 8.70. The van der Waals surface area contributed by atoms with Crippen LogP contribution in [-0.4, -0.2) is 33.7 Å². The van der Waals surface area contributed by atoms with Crippen LogP contribution in [0.3, 0.4) is 0 Å². The van der Waals surface area contributed by atoms with E-state index in [1.165, 1.54) is 12.1 Å². The van der Waals surface area contributed by atoms with E-state index < -0.39 is 15.9 Å². The summed E-state index contributed by atoms with van der Waals surface area (Å²) in [5.74, 6) is -0.477. The Kier molecular flexibility index (Phi) is 5.42. The summed E-state index contributed by atoms with van der Waals surface area (Å²) < 4.78 is 23.9. The molecule has 9 heteroatoms. The van der Waals surface area contributed by atoms with Crippen molar-refractivity contribution >= 4 is 44.8 Å². The Morgan fingerprint density at radius 2 is 1.95 bits per heavy atom. The second-order valence-corrected chi connectivity index (χ2v) is 6.40. The highest BCUT2D eigenvalue weighted by atomic mass is 35.5. The number of nitrogens with one attached hydrogen (secondary N) is 2. The van der Waals surface area contributed by atoms with E-state index in [9.17, 15) is 13.2 Å². The van der Waals surface area contributed by atoms with Crippen LogP contribution in [-0.2, 0) is 10.0 Å². The fourth-order valence-electron chi connectivity index (χ4n) is 1.28. The van der Waals surface area contributed by atoms with Crippen LogP contribution >= 0.6 is 23.2 Å². The number of halogens is 2. The molecule has 6 nitrogen and oxygen atoms in total. The molecule has 1 aromatic rings. The Morgan fingerprint density at radius 3 is 2.53 bits per heavy atom. The summed E-state index contributed by atoms with van der Waals surface area (Å²) in [6.45, 7) is 0.201. The van der Waals surface area contributed by atoms with Crippen LogP contribution in [0.5, 0.6) is 0 Å². The second kappa shape index (κ2) is 6.42. The van der Waals surface area contributed by atoms with Gasteiger partial charge >= 0.3 is 0 Å². The maximum absolute atomic E-state index is 11.8. The van der Waals surface area contributed by atoms with E-state index in [0.29, 0.717) is 5.69 Å². The van der Waals surface area contributed by atoms with Gasteiger partial charge in [-0.15, -0.1) is 0 Å². The van der Waals surface area contributed by atoms with Gasteiger partial charge in [-0.2, -0.15) is 0 Å². The molecule has 4 N–H and O–H groups in total. The minimum Gasteiger partial charge on any atom is -0.399 e. The van der Waals surface area contributed by atoms with E-state index in [2.05, 4.69) is 10.0 Å². The summed E-state index contributed by atoms with van der Waals surface area (Å²) in [4.78, 5) is 11.8. The topological polar surface area (TPSA) is 101 Å². The second-order valence-electron chi connectivity index (χ2n) is 3.79. The van der Waals surface area contributed by atoms with Crippen LogP contribution in [0.2, 0.25) is 10.0 Å². The molecule has 0 aliphatic carbocycles. The third-order valence-electron chi connectivity index (χ3n) is 2.07. The standard InChI is InChI=1S/C10H13Cl2N3O3S/c1-19(17,18)15-3-2-14-10(16)7-4-6(13)5-8(11)9(7)12/h4-5,15H,2-3,13H2,1H3,(H,14,16). The van der Waals surface area contributed by atoms with E-state index >= 15 is 0 Å². The monoisotopic (exact) mass is 325 g/mol. The van der Waals surface area contributed by atoms with Crippen LogP contribution in [0.25, 0.3) is 0 Å². The maximum Gasteiger partial charge on any atom is 0.252 e. The van der Waals surface area contributed by atoms with E-state index in [-0.39, 0.29) is 28.7 Å². The van der Waals surface area contributed by atoms with Crippen molar-refractivity contribution in [2.75, 3.05) is 25.1 Å². The number of amides is 1. The Morgan fingerprint density at radius 1 is 1.32 bits per heavy atom. The van der Waals surface area contributed by atoms with Gasteiger partial charge in [0.2, 0.25) is 10.0 Å². The Hall–Kier alpha value is -1.02. The average molecular weight is 326 g/mol. The van der Waals surface area contributed by atoms with Gasteiger partial charge in [0, 0.05) is 18.8 Å². The molecule has 0 aromatic heterocycles. The lowest BCUT2D eigenvalue weighted by atomic mass is 10.2. The molecule has 0 fully saturated rings. The molecule has 1 amide bonds. The number of nitrogens with two attached hydrogens (primary N) is 1. The van der Waals surface area contributed by atoms with Gasteiger partial charge in [-0.05, 0) is 12.1 Å². The third kappa shape index (κ3) is 5.23. The molecule has 0 aliphatic heterocycles. The lowest BCUT2D eigenvalue weighted by Gasteiger charge is -2.09. The minimum absolute atomic E-state index is 0.0816. The minimum atomic E-state index is -3.28. The average Bonchev–Trinajstić information content (AvgIpc) is 2.27. The van der Waals surface area contributed by atoms with Crippen LogP contribution in [0.4, 0.5) is 5.69 Å². The van der Waals surface area contributed by atoms with Crippen molar-refractivity contribution in [3.05, 3.63) is 27.7 Å².